The van der Waals surface area contributed by atoms with Crippen molar-refractivity contribution in [1.29, 1.82) is 0 Å². The van der Waals surface area contributed by atoms with Crippen molar-refractivity contribution in [3.05, 3.63) is 0 Å². The molecule has 7 nitrogen and oxygen atoms in total. The Labute approximate surface area is 173 Å². The Balaban J connectivity index is 1.24. The van der Waals surface area contributed by atoms with Crippen LogP contribution in [0.5, 0.6) is 0 Å². The Morgan fingerprint density at radius 1 is 1.14 bits per heavy atom. The van der Waals surface area contributed by atoms with Gasteiger partial charge in [-0.05, 0) is 43.4 Å². The Morgan fingerprint density at radius 2 is 1.86 bits per heavy atom. The van der Waals surface area contributed by atoms with Crippen LogP contribution in [-0.2, 0) is 4.74 Å². The van der Waals surface area contributed by atoms with Crippen LogP contribution in [0.1, 0.15) is 65.2 Å². The van der Waals surface area contributed by atoms with Crippen LogP contribution in [0.4, 0.5) is 9.59 Å². The number of rotatable bonds is 4. The molecule has 3 aliphatic heterocycles. The number of likely N-dealkylation sites (tertiary alicyclic amines) is 2. The fraction of sp³-hybridized carbons (Fsp3) is 0.909. The maximum atomic E-state index is 12.6. The highest BCUT2D eigenvalue weighted by Crippen LogP contribution is 2.57. The molecule has 4 unspecified atom stereocenters. The molecule has 0 bridgehead atoms. The van der Waals surface area contributed by atoms with Crippen molar-refractivity contribution < 1.29 is 19.4 Å². The second kappa shape index (κ2) is 6.76. The van der Waals surface area contributed by atoms with Gasteiger partial charge in [-0.25, -0.2) is 9.59 Å². The Hall–Kier alpha value is -1.50. The van der Waals surface area contributed by atoms with E-state index in [9.17, 15) is 14.7 Å². The van der Waals surface area contributed by atoms with Gasteiger partial charge in [-0.2, -0.15) is 0 Å². The third-order valence-corrected chi connectivity index (χ3v) is 8.85. The zero-order chi connectivity index (χ0) is 20.4. The molecule has 3 saturated heterocycles. The molecule has 29 heavy (non-hydrogen) atoms. The van der Waals surface area contributed by atoms with Gasteiger partial charge in [0.05, 0.1) is 6.04 Å². The summed E-state index contributed by atoms with van der Waals surface area (Å²) in [6.45, 7) is 7.82. The van der Waals surface area contributed by atoms with E-state index in [1.54, 1.807) is 4.90 Å². The lowest BCUT2D eigenvalue weighted by atomic mass is 9.54. The van der Waals surface area contributed by atoms with E-state index in [4.69, 9.17) is 4.74 Å². The van der Waals surface area contributed by atoms with Crippen molar-refractivity contribution >= 4 is 12.2 Å². The fourth-order valence-corrected chi connectivity index (χ4v) is 7.24. The van der Waals surface area contributed by atoms with E-state index in [0.29, 0.717) is 31.1 Å². The molecule has 7 heteroatoms. The molecule has 0 aromatic carbocycles. The van der Waals surface area contributed by atoms with Crippen LogP contribution >= 0.6 is 0 Å². The Kier molecular flexibility index (Phi) is 4.53. The number of piperidine rings is 1. The van der Waals surface area contributed by atoms with Crippen molar-refractivity contribution in [3.63, 3.8) is 0 Å². The zero-order valence-corrected chi connectivity index (χ0v) is 17.8. The highest BCUT2D eigenvalue weighted by Gasteiger charge is 2.61. The SMILES string of the molecule is CCC1C(N2CCC3(CC2)OC(=O)N(C2CC2)C3CC)CC12CCN(C(=O)O)C2. The number of hydrogen-bond donors (Lipinski definition) is 1. The standard InChI is InChI=1S/C22H35N3O4/c1-3-16-17(13-21(16)7-10-24(14-21)19(26)27)23-11-8-22(9-12-23)18(4-2)25(15-5-6-15)20(28)29-22/h15-18H,3-14H2,1-2H3,(H,26,27). The summed E-state index contributed by atoms with van der Waals surface area (Å²) >= 11 is 0. The number of carbonyl (C=O) groups excluding carboxylic acids is 1. The smallest absolute Gasteiger partial charge is 0.411 e. The molecular weight excluding hydrogens is 370 g/mol. The predicted molar refractivity (Wildman–Crippen MR) is 108 cm³/mol. The first-order valence-electron chi connectivity index (χ1n) is 11.7. The van der Waals surface area contributed by atoms with Gasteiger partial charge in [0.1, 0.15) is 5.60 Å². The van der Waals surface area contributed by atoms with Gasteiger partial charge in [0, 0.05) is 51.1 Å². The Morgan fingerprint density at radius 3 is 2.41 bits per heavy atom. The highest BCUT2D eigenvalue weighted by molar-refractivity contribution is 5.72. The molecule has 0 aromatic heterocycles. The van der Waals surface area contributed by atoms with Crippen molar-refractivity contribution in [3.8, 4) is 0 Å². The van der Waals surface area contributed by atoms with Crippen LogP contribution in [0.25, 0.3) is 0 Å². The van der Waals surface area contributed by atoms with Crippen LogP contribution in [0.15, 0.2) is 0 Å². The van der Waals surface area contributed by atoms with E-state index in [1.165, 1.54) is 0 Å². The maximum Gasteiger partial charge on any atom is 0.411 e. The molecule has 5 aliphatic rings. The van der Waals surface area contributed by atoms with E-state index >= 15 is 0 Å². The first-order valence-corrected chi connectivity index (χ1v) is 11.7. The van der Waals surface area contributed by atoms with Crippen molar-refractivity contribution in [2.24, 2.45) is 11.3 Å². The van der Waals surface area contributed by atoms with E-state index in [0.717, 1.165) is 64.5 Å². The Bertz CT molecular complexity index is 688. The minimum atomic E-state index is -0.769. The molecule has 0 aromatic rings. The van der Waals surface area contributed by atoms with E-state index < -0.39 is 6.09 Å². The number of amides is 2. The maximum absolute atomic E-state index is 12.6. The molecule has 2 amide bonds. The molecule has 1 N–H and O–H groups in total. The quantitative estimate of drug-likeness (QED) is 0.776. The van der Waals surface area contributed by atoms with E-state index in [-0.39, 0.29) is 23.2 Å². The summed E-state index contributed by atoms with van der Waals surface area (Å²) in [7, 11) is 0. The van der Waals surface area contributed by atoms with Crippen molar-refractivity contribution in [2.45, 2.75) is 88.9 Å². The molecular formula is C22H35N3O4. The first-order chi connectivity index (χ1) is 13.9. The van der Waals surface area contributed by atoms with Gasteiger partial charge < -0.3 is 14.7 Å². The summed E-state index contributed by atoms with van der Waals surface area (Å²) in [5.74, 6) is 0.581. The number of carbonyl (C=O) groups is 2. The van der Waals surface area contributed by atoms with Gasteiger partial charge in [-0.1, -0.05) is 20.3 Å². The van der Waals surface area contributed by atoms with Crippen LogP contribution in [0.3, 0.4) is 0 Å². The van der Waals surface area contributed by atoms with Crippen LogP contribution in [-0.4, -0.2) is 81.9 Å². The van der Waals surface area contributed by atoms with E-state index in [2.05, 4.69) is 23.6 Å². The summed E-state index contributed by atoms with van der Waals surface area (Å²) in [4.78, 5) is 30.2. The minimum Gasteiger partial charge on any atom is -0.465 e. The molecule has 162 valence electrons. The largest absolute Gasteiger partial charge is 0.465 e. The van der Waals surface area contributed by atoms with Crippen molar-refractivity contribution in [1.82, 2.24) is 14.7 Å². The van der Waals surface area contributed by atoms with Crippen molar-refractivity contribution in [2.75, 3.05) is 26.2 Å². The molecule has 2 spiro atoms. The summed E-state index contributed by atoms with van der Waals surface area (Å²) in [5.41, 5.74) is -0.0942. The summed E-state index contributed by atoms with van der Waals surface area (Å²) in [5, 5.41) is 9.36. The van der Waals surface area contributed by atoms with Gasteiger partial charge in [0.15, 0.2) is 0 Å². The average Bonchev–Trinajstić information content (AvgIpc) is 3.34. The minimum absolute atomic E-state index is 0.0819. The van der Waals surface area contributed by atoms with Gasteiger partial charge in [-0.3, -0.25) is 9.80 Å². The average molecular weight is 406 g/mol. The topological polar surface area (TPSA) is 73.3 Å². The summed E-state index contributed by atoms with van der Waals surface area (Å²) in [6, 6.07) is 1.21. The van der Waals surface area contributed by atoms with Crippen LogP contribution in [0.2, 0.25) is 0 Å². The predicted octanol–water partition coefficient (Wildman–Crippen LogP) is 3.38. The van der Waals surface area contributed by atoms with Gasteiger partial charge in [-0.15, -0.1) is 0 Å². The molecule has 5 rings (SSSR count). The first kappa shape index (κ1) is 19.5. The monoisotopic (exact) mass is 405 g/mol. The second-order valence-corrected chi connectivity index (χ2v) is 10.1. The molecule has 4 atom stereocenters. The third kappa shape index (κ3) is 2.87. The second-order valence-electron chi connectivity index (χ2n) is 10.1. The third-order valence-electron chi connectivity index (χ3n) is 8.85. The van der Waals surface area contributed by atoms with Crippen LogP contribution < -0.4 is 0 Å². The summed E-state index contributed by atoms with van der Waals surface area (Å²) < 4.78 is 6.06. The summed E-state index contributed by atoms with van der Waals surface area (Å²) in [6.07, 6.45) is 7.48. The van der Waals surface area contributed by atoms with E-state index in [1.807, 2.05) is 0 Å². The number of ether oxygens (including phenoxy) is 1. The molecule has 3 heterocycles. The molecule has 0 radical (unpaired) electrons. The van der Waals surface area contributed by atoms with Gasteiger partial charge >= 0.3 is 12.2 Å². The lowest BCUT2D eigenvalue weighted by Crippen LogP contribution is -2.63. The molecule has 5 fully saturated rings. The number of hydrogen-bond acceptors (Lipinski definition) is 4. The molecule has 2 saturated carbocycles. The van der Waals surface area contributed by atoms with Crippen LogP contribution in [0, 0.1) is 11.3 Å². The normalized spacial score (nSPS) is 39.2. The fourth-order valence-electron chi connectivity index (χ4n) is 7.24. The lowest BCUT2D eigenvalue weighted by Gasteiger charge is -2.58. The van der Waals surface area contributed by atoms with Gasteiger partial charge in [0.2, 0.25) is 0 Å². The molecule has 2 aliphatic carbocycles. The van der Waals surface area contributed by atoms with Gasteiger partial charge in [0.25, 0.3) is 0 Å². The number of carboxylic acid groups (broad SMARTS) is 1. The lowest BCUT2D eigenvalue weighted by molar-refractivity contribution is -0.104. The number of nitrogens with zero attached hydrogens (tertiary/aromatic N) is 3. The highest BCUT2D eigenvalue weighted by atomic mass is 16.6. The zero-order valence-electron chi connectivity index (χ0n) is 17.8.